The van der Waals surface area contributed by atoms with Gasteiger partial charge in [-0.05, 0) is 38.1 Å². The van der Waals surface area contributed by atoms with E-state index in [2.05, 4.69) is 10.3 Å². The largest absolute Gasteiger partial charge is 0.484 e. The van der Waals surface area contributed by atoms with Crippen LogP contribution in [0.5, 0.6) is 5.75 Å². The highest BCUT2D eigenvalue weighted by molar-refractivity contribution is 5.95. The number of rotatable bonds is 4. The lowest BCUT2D eigenvalue weighted by atomic mass is 10.3. The molecule has 1 amide bonds. The Labute approximate surface area is 132 Å². The number of nitrogens with one attached hydrogen (secondary N) is 1. The monoisotopic (exact) mass is 313 g/mol. The molecule has 2 aromatic heterocycles. The minimum Gasteiger partial charge on any atom is -0.484 e. The summed E-state index contributed by atoms with van der Waals surface area (Å²) in [6, 6.07) is 9.29. The molecule has 2 heterocycles. The highest BCUT2D eigenvalue weighted by Gasteiger charge is 2.11. The summed E-state index contributed by atoms with van der Waals surface area (Å²) < 4.78 is 20.3. The van der Waals surface area contributed by atoms with E-state index in [0.717, 1.165) is 11.4 Å². The van der Waals surface area contributed by atoms with E-state index < -0.39 is 5.82 Å². The number of amides is 1. The molecule has 5 nitrogen and oxygen atoms in total. The Kier molecular flexibility index (Phi) is 3.97. The number of benzene rings is 1. The summed E-state index contributed by atoms with van der Waals surface area (Å²) in [6.07, 6.45) is 1.89. The predicted molar refractivity (Wildman–Crippen MR) is 85.2 cm³/mol. The van der Waals surface area contributed by atoms with Gasteiger partial charge in [0.15, 0.2) is 12.3 Å². The highest BCUT2D eigenvalue weighted by Crippen LogP contribution is 2.19. The van der Waals surface area contributed by atoms with Gasteiger partial charge in [0.2, 0.25) is 0 Å². The van der Waals surface area contributed by atoms with Gasteiger partial charge in [0.05, 0.1) is 11.4 Å². The maximum absolute atomic E-state index is 13.1. The minimum absolute atomic E-state index is 0.205. The van der Waals surface area contributed by atoms with Crippen molar-refractivity contribution in [3.8, 4) is 5.75 Å². The fourth-order valence-electron chi connectivity index (χ4n) is 2.29. The lowest BCUT2D eigenvalue weighted by Crippen LogP contribution is -2.20. The van der Waals surface area contributed by atoms with Crippen molar-refractivity contribution in [3.63, 3.8) is 0 Å². The van der Waals surface area contributed by atoms with Crippen LogP contribution >= 0.6 is 0 Å². The van der Waals surface area contributed by atoms with E-state index in [1.54, 1.807) is 12.1 Å². The van der Waals surface area contributed by atoms with Crippen molar-refractivity contribution in [3.05, 3.63) is 59.8 Å². The van der Waals surface area contributed by atoms with Gasteiger partial charge in [-0.3, -0.25) is 4.79 Å². The third kappa shape index (κ3) is 3.15. The number of ether oxygens (including phenoxy) is 1. The number of anilines is 1. The fourth-order valence-corrected chi connectivity index (χ4v) is 2.29. The molecule has 0 unspecified atom stereocenters. The first-order valence-corrected chi connectivity index (χ1v) is 7.17. The lowest BCUT2D eigenvalue weighted by Gasteiger charge is -2.08. The number of halogens is 1. The van der Waals surface area contributed by atoms with Crippen LogP contribution in [0.3, 0.4) is 0 Å². The number of nitrogens with zero attached hydrogens (tertiary/aromatic N) is 2. The van der Waals surface area contributed by atoms with Gasteiger partial charge in [0, 0.05) is 18.0 Å². The molecular formula is C17H16FN3O2. The van der Waals surface area contributed by atoms with Crippen molar-refractivity contribution in [2.75, 3.05) is 11.9 Å². The SMILES string of the molecule is Cc1nc2c(NC(=O)COc3cccc(F)c3)cccn2c1C. The van der Waals surface area contributed by atoms with Crippen molar-refractivity contribution in [2.45, 2.75) is 13.8 Å². The summed E-state index contributed by atoms with van der Waals surface area (Å²) in [5, 5.41) is 2.77. The number of hydrogen-bond acceptors (Lipinski definition) is 3. The molecule has 0 radical (unpaired) electrons. The summed E-state index contributed by atoms with van der Waals surface area (Å²) in [7, 11) is 0. The molecule has 3 aromatic rings. The number of fused-ring (bicyclic) bond motifs is 1. The molecule has 3 rings (SSSR count). The topological polar surface area (TPSA) is 55.6 Å². The van der Waals surface area contributed by atoms with Gasteiger partial charge >= 0.3 is 0 Å². The summed E-state index contributed by atoms with van der Waals surface area (Å²) in [5.41, 5.74) is 3.22. The number of aromatic nitrogens is 2. The van der Waals surface area contributed by atoms with Crippen LogP contribution in [-0.2, 0) is 4.79 Å². The maximum atomic E-state index is 13.1. The van der Waals surface area contributed by atoms with Gasteiger partial charge in [-0.15, -0.1) is 0 Å². The Balaban J connectivity index is 1.72. The fraction of sp³-hybridized carbons (Fsp3) is 0.176. The smallest absolute Gasteiger partial charge is 0.262 e. The predicted octanol–water partition coefficient (Wildman–Crippen LogP) is 3.11. The van der Waals surface area contributed by atoms with E-state index in [-0.39, 0.29) is 12.5 Å². The molecule has 0 atom stereocenters. The second-order valence-electron chi connectivity index (χ2n) is 5.19. The Morgan fingerprint density at radius 3 is 2.91 bits per heavy atom. The molecule has 1 N–H and O–H groups in total. The highest BCUT2D eigenvalue weighted by atomic mass is 19.1. The van der Waals surface area contributed by atoms with Gasteiger partial charge in [0.1, 0.15) is 11.6 Å². The minimum atomic E-state index is -0.406. The standard InChI is InChI=1S/C17H16FN3O2/c1-11-12(2)21-8-4-7-15(17(21)19-11)20-16(22)10-23-14-6-3-5-13(18)9-14/h3-9H,10H2,1-2H3,(H,20,22). The third-order valence-corrected chi connectivity index (χ3v) is 3.57. The molecule has 0 saturated heterocycles. The molecule has 0 aliphatic carbocycles. The van der Waals surface area contributed by atoms with Crippen LogP contribution in [0.1, 0.15) is 11.4 Å². The summed E-state index contributed by atoms with van der Waals surface area (Å²) in [6.45, 7) is 3.68. The molecule has 0 saturated carbocycles. The number of aryl methyl sites for hydroxylation is 2. The second-order valence-corrected chi connectivity index (χ2v) is 5.19. The van der Waals surface area contributed by atoms with Crippen LogP contribution in [0.2, 0.25) is 0 Å². The van der Waals surface area contributed by atoms with Crippen molar-refractivity contribution in [2.24, 2.45) is 0 Å². The normalized spacial score (nSPS) is 10.7. The van der Waals surface area contributed by atoms with Crippen molar-refractivity contribution in [1.82, 2.24) is 9.38 Å². The molecule has 23 heavy (non-hydrogen) atoms. The summed E-state index contributed by atoms with van der Waals surface area (Å²) in [4.78, 5) is 16.5. The van der Waals surface area contributed by atoms with Crippen LogP contribution in [0.4, 0.5) is 10.1 Å². The zero-order valence-electron chi connectivity index (χ0n) is 12.8. The Bertz CT molecular complexity index is 873. The van der Waals surface area contributed by atoms with Crippen molar-refractivity contribution in [1.29, 1.82) is 0 Å². The van der Waals surface area contributed by atoms with Crippen LogP contribution in [0, 0.1) is 19.7 Å². The van der Waals surface area contributed by atoms with Crippen LogP contribution in [0.15, 0.2) is 42.6 Å². The molecule has 1 aromatic carbocycles. The quantitative estimate of drug-likeness (QED) is 0.805. The Morgan fingerprint density at radius 1 is 1.30 bits per heavy atom. The van der Waals surface area contributed by atoms with Gasteiger partial charge in [-0.1, -0.05) is 6.07 Å². The zero-order valence-corrected chi connectivity index (χ0v) is 12.8. The Morgan fingerprint density at radius 2 is 2.13 bits per heavy atom. The van der Waals surface area contributed by atoms with E-state index in [1.807, 2.05) is 30.5 Å². The van der Waals surface area contributed by atoms with E-state index >= 15 is 0 Å². The number of hydrogen-bond donors (Lipinski definition) is 1. The van der Waals surface area contributed by atoms with E-state index in [4.69, 9.17) is 4.74 Å². The average molecular weight is 313 g/mol. The van der Waals surface area contributed by atoms with Crippen molar-refractivity contribution < 1.29 is 13.9 Å². The molecule has 0 spiro atoms. The first kappa shape index (κ1) is 15.0. The molecule has 0 bridgehead atoms. The van der Waals surface area contributed by atoms with Gasteiger partial charge < -0.3 is 14.5 Å². The van der Waals surface area contributed by atoms with Gasteiger partial charge in [-0.25, -0.2) is 9.37 Å². The molecule has 118 valence electrons. The number of carbonyl (C=O) groups excluding carboxylic acids is 1. The van der Waals surface area contributed by atoms with E-state index in [9.17, 15) is 9.18 Å². The van der Waals surface area contributed by atoms with Gasteiger partial charge in [0.25, 0.3) is 5.91 Å². The first-order chi connectivity index (χ1) is 11.0. The maximum Gasteiger partial charge on any atom is 0.262 e. The van der Waals surface area contributed by atoms with Crippen LogP contribution in [0.25, 0.3) is 5.65 Å². The van der Waals surface area contributed by atoms with E-state index in [0.29, 0.717) is 17.1 Å². The lowest BCUT2D eigenvalue weighted by molar-refractivity contribution is -0.118. The van der Waals surface area contributed by atoms with E-state index in [1.165, 1.54) is 18.2 Å². The van der Waals surface area contributed by atoms with Gasteiger partial charge in [-0.2, -0.15) is 0 Å². The second kappa shape index (κ2) is 6.08. The molecular weight excluding hydrogens is 297 g/mol. The number of carbonyl (C=O) groups is 1. The first-order valence-electron chi connectivity index (χ1n) is 7.17. The number of pyridine rings is 1. The Hall–Kier alpha value is -2.89. The summed E-state index contributed by atoms with van der Waals surface area (Å²) in [5.74, 6) is -0.428. The molecule has 0 aliphatic rings. The zero-order chi connectivity index (χ0) is 16.4. The van der Waals surface area contributed by atoms with Crippen LogP contribution in [-0.4, -0.2) is 21.9 Å². The molecule has 6 heteroatoms. The third-order valence-electron chi connectivity index (χ3n) is 3.57. The molecule has 0 aliphatic heterocycles. The molecule has 0 fully saturated rings. The number of imidazole rings is 1. The summed E-state index contributed by atoms with van der Waals surface area (Å²) >= 11 is 0. The average Bonchev–Trinajstić information content (AvgIpc) is 2.82. The van der Waals surface area contributed by atoms with Crippen LogP contribution < -0.4 is 10.1 Å². The van der Waals surface area contributed by atoms with Crippen molar-refractivity contribution >= 4 is 17.2 Å².